The van der Waals surface area contributed by atoms with Gasteiger partial charge in [-0.3, -0.25) is 4.79 Å². The highest BCUT2D eigenvalue weighted by molar-refractivity contribution is 9.11. The van der Waals surface area contributed by atoms with Crippen LogP contribution >= 0.6 is 31.9 Å². The molecule has 1 amide bonds. The van der Waals surface area contributed by atoms with Crippen LogP contribution < -0.4 is 5.32 Å². The van der Waals surface area contributed by atoms with Crippen molar-refractivity contribution in [3.63, 3.8) is 0 Å². The van der Waals surface area contributed by atoms with E-state index in [0.717, 1.165) is 20.5 Å². The normalized spacial score (nSPS) is 10.4. The number of carbonyl (C=O) groups excluding carboxylic acids is 1. The van der Waals surface area contributed by atoms with Gasteiger partial charge in [0, 0.05) is 8.95 Å². The van der Waals surface area contributed by atoms with E-state index in [1.165, 1.54) is 0 Å². The Hall–Kier alpha value is -1.07. The Labute approximate surface area is 122 Å². The highest BCUT2D eigenvalue weighted by atomic mass is 79.9. The van der Waals surface area contributed by atoms with Crippen LogP contribution in [0.25, 0.3) is 0 Å². The minimum atomic E-state index is -0.136. The van der Waals surface area contributed by atoms with Gasteiger partial charge in [0.05, 0.1) is 12.1 Å². The monoisotopic (exact) mass is 371 g/mol. The van der Waals surface area contributed by atoms with Crippen molar-refractivity contribution in [1.29, 1.82) is 0 Å². The summed E-state index contributed by atoms with van der Waals surface area (Å²) in [6.45, 7) is 2.26. The molecule has 3 nitrogen and oxygen atoms in total. The van der Waals surface area contributed by atoms with Crippen molar-refractivity contribution in [3.8, 4) is 0 Å². The molecule has 0 unspecified atom stereocenters. The van der Waals surface area contributed by atoms with Gasteiger partial charge in [-0.2, -0.15) is 0 Å². The third kappa shape index (κ3) is 3.23. The summed E-state index contributed by atoms with van der Waals surface area (Å²) in [5, 5.41) is 2.81. The van der Waals surface area contributed by atoms with E-state index < -0.39 is 0 Å². The molecule has 18 heavy (non-hydrogen) atoms. The molecule has 2 aromatic rings. The quantitative estimate of drug-likeness (QED) is 0.883. The fourth-order valence-electron chi connectivity index (χ4n) is 1.52. The van der Waals surface area contributed by atoms with Crippen LogP contribution in [0.1, 0.15) is 21.9 Å². The number of furan rings is 1. The summed E-state index contributed by atoms with van der Waals surface area (Å²) in [5.41, 5.74) is 0.599. The van der Waals surface area contributed by atoms with Crippen molar-refractivity contribution in [2.45, 2.75) is 13.5 Å². The van der Waals surface area contributed by atoms with Crippen molar-refractivity contribution >= 4 is 37.8 Å². The molecule has 0 saturated carbocycles. The van der Waals surface area contributed by atoms with E-state index in [0.29, 0.717) is 12.1 Å². The maximum Gasteiger partial charge on any atom is 0.252 e. The lowest BCUT2D eigenvalue weighted by Gasteiger charge is -2.05. The summed E-state index contributed by atoms with van der Waals surface area (Å²) in [4.78, 5) is 12.0. The van der Waals surface area contributed by atoms with Crippen molar-refractivity contribution in [2.75, 3.05) is 0 Å². The number of halogens is 2. The summed E-state index contributed by atoms with van der Waals surface area (Å²) < 4.78 is 7.06. The predicted octanol–water partition coefficient (Wildman–Crippen LogP) is 4.04. The maximum absolute atomic E-state index is 12.0. The van der Waals surface area contributed by atoms with Gasteiger partial charge in [-0.05, 0) is 53.2 Å². The average molecular weight is 373 g/mol. The minimum absolute atomic E-state index is 0.136. The van der Waals surface area contributed by atoms with E-state index in [2.05, 4.69) is 37.2 Å². The van der Waals surface area contributed by atoms with Gasteiger partial charge < -0.3 is 9.73 Å². The third-order valence-corrected chi connectivity index (χ3v) is 3.54. The molecule has 0 radical (unpaired) electrons. The lowest BCUT2D eigenvalue weighted by molar-refractivity contribution is 0.0947. The Morgan fingerprint density at radius 1 is 1.28 bits per heavy atom. The fourth-order valence-corrected chi connectivity index (χ4v) is 2.74. The fraction of sp³-hybridized carbons (Fsp3) is 0.154. The van der Waals surface area contributed by atoms with Gasteiger partial charge in [0.2, 0.25) is 0 Å². The number of hydrogen-bond donors (Lipinski definition) is 1. The molecule has 1 N–H and O–H groups in total. The van der Waals surface area contributed by atoms with E-state index >= 15 is 0 Å². The van der Waals surface area contributed by atoms with Gasteiger partial charge in [0.15, 0.2) is 0 Å². The van der Waals surface area contributed by atoms with Gasteiger partial charge >= 0.3 is 0 Å². The van der Waals surface area contributed by atoms with Crippen LogP contribution in [0.3, 0.4) is 0 Å². The zero-order chi connectivity index (χ0) is 13.1. The lowest BCUT2D eigenvalue weighted by Crippen LogP contribution is -2.22. The van der Waals surface area contributed by atoms with E-state index in [1.807, 2.05) is 31.2 Å². The van der Waals surface area contributed by atoms with Gasteiger partial charge in [0.25, 0.3) is 5.91 Å². The van der Waals surface area contributed by atoms with E-state index in [4.69, 9.17) is 4.42 Å². The zero-order valence-corrected chi connectivity index (χ0v) is 12.8. The van der Waals surface area contributed by atoms with Gasteiger partial charge in [0.1, 0.15) is 11.5 Å². The molecule has 5 heteroatoms. The number of amides is 1. The SMILES string of the molecule is Cc1ccc(CNC(=O)c2ccc(Br)cc2Br)o1. The number of rotatable bonds is 3. The largest absolute Gasteiger partial charge is 0.465 e. The average Bonchev–Trinajstić information content (AvgIpc) is 2.72. The molecule has 0 aliphatic carbocycles. The van der Waals surface area contributed by atoms with Crippen LogP contribution in [0.5, 0.6) is 0 Å². The molecule has 0 spiro atoms. The molecule has 0 fully saturated rings. The first kappa shape index (κ1) is 13.4. The summed E-state index contributed by atoms with van der Waals surface area (Å²) >= 11 is 6.71. The second-order valence-corrected chi connectivity index (χ2v) is 5.59. The van der Waals surface area contributed by atoms with Crippen LogP contribution in [-0.2, 0) is 6.54 Å². The molecular formula is C13H11Br2NO2. The molecule has 0 bridgehead atoms. The Balaban J connectivity index is 2.03. The molecule has 1 heterocycles. The number of aryl methyl sites for hydroxylation is 1. The van der Waals surface area contributed by atoms with Crippen LogP contribution in [0.2, 0.25) is 0 Å². The first-order valence-electron chi connectivity index (χ1n) is 5.35. The first-order valence-corrected chi connectivity index (χ1v) is 6.93. The predicted molar refractivity (Wildman–Crippen MR) is 76.5 cm³/mol. The van der Waals surface area contributed by atoms with Crippen LogP contribution in [-0.4, -0.2) is 5.91 Å². The highest BCUT2D eigenvalue weighted by Gasteiger charge is 2.10. The Kier molecular flexibility index (Phi) is 4.24. The van der Waals surface area contributed by atoms with E-state index in [1.54, 1.807) is 6.07 Å². The summed E-state index contributed by atoms with van der Waals surface area (Å²) in [6, 6.07) is 9.16. The molecule has 0 atom stereocenters. The van der Waals surface area contributed by atoms with Crippen molar-refractivity contribution in [1.82, 2.24) is 5.32 Å². The molecule has 0 aliphatic heterocycles. The summed E-state index contributed by atoms with van der Waals surface area (Å²) in [5.74, 6) is 1.45. The zero-order valence-electron chi connectivity index (χ0n) is 9.67. The molecule has 0 saturated heterocycles. The number of hydrogen-bond acceptors (Lipinski definition) is 2. The van der Waals surface area contributed by atoms with Gasteiger partial charge in [-0.15, -0.1) is 0 Å². The molecule has 0 aliphatic rings. The number of nitrogens with one attached hydrogen (secondary N) is 1. The van der Waals surface area contributed by atoms with Crippen molar-refractivity contribution in [2.24, 2.45) is 0 Å². The molecule has 94 valence electrons. The minimum Gasteiger partial charge on any atom is -0.465 e. The topological polar surface area (TPSA) is 42.2 Å². The van der Waals surface area contributed by atoms with Gasteiger partial charge in [-0.25, -0.2) is 0 Å². The van der Waals surface area contributed by atoms with E-state index in [9.17, 15) is 4.79 Å². The molecule has 2 rings (SSSR count). The molecule has 1 aromatic carbocycles. The van der Waals surface area contributed by atoms with Crippen LogP contribution in [0, 0.1) is 6.92 Å². The highest BCUT2D eigenvalue weighted by Crippen LogP contribution is 2.21. The third-order valence-electron chi connectivity index (χ3n) is 2.39. The smallest absolute Gasteiger partial charge is 0.252 e. The van der Waals surface area contributed by atoms with Gasteiger partial charge in [-0.1, -0.05) is 15.9 Å². The van der Waals surface area contributed by atoms with Crippen molar-refractivity contribution < 1.29 is 9.21 Å². The Morgan fingerprint density at radius 2 is 2.06 bits per heavy atom. The van der Waals surface area contributed by atoms with Crippen molar-refractivity contribution in [3.05, 3.63) is 56.4 Å². The number of carbonyl (C=O) groups is 1. The molecular weight excluding hydrogens is 362 g/mol. The van der Waals surface area contributed by atoms with Crippen LogP contribution in [0.4, 0.5) is 0 Å². The molecule has 1 aromatic heterocycles. The summed E-state index contributed by atoms with van der Waals surface area (Å²) in [7, 11) is 0. The lowest BCUT2D eigenvalue weighted by atomic mass is 10.2. The Bertz CT molecular complexity index is 578. The van der Waals surface area contributed by atoms with E-state index in [-0.39, 0.29) is 5.91 Å². The second kappa shape index (κ2) is 5.71. The number of benzene rings is 1. The maximum atomic E-state index is 12.0. The Morgan fingerprint density at radius 3 is 2.67 bits per heavy atom. The second-order valence-electron chi connectivity index (χ2n) is 3.82. The standard InChI is InChI=1S/C13H11Br2NO2/c1-8-2-4-10(18-8)7-16-13(17)11-5-3-9(14)6-12(11)15/h2-6H,7H2,1H3,(H,16,17). The summed E-state index contributed by atoms with van der Waals surface area (Å²) in [6.07, 6.45) is 0. The van der Waals surface area contributed by atoms with Crippen LogP contribution in [0.15, 0.2) is 43.7 Å². The first-order chi connectivity index (χ1) is 8.56.